The monoisotopic (exact) mass is 697 g/mol. The Labute approximate surface area is 290 Å². The summed E-state index contributed by atoms with van der Waals surface area (Å²) < 4.78 is 1.29. The fourth-order valence-electron chi connectivity index (χ4n) is 3.39. The molecule has 0 aliphatic carbocycles. The average Bonchev–Trinajstić information content (AvgIpc) is 3.13. The molecule has 0 aliphatic heterocycles. The molecule has 0 nitrogen and oxygen atoms in total. The van der Waals surface area contributed by atoms with E-state index in [2.05, 4.69) is 76.2 Å². The van der Waals surface area contributed by atoms with Gasteiger partial charge in [0.05, 0.1) is 0 Å². The zero-order valence-corrected chi connectivity index (χ0v) is 27.5. The molecule has 46 heavy (non-hydrogen) atoms. The molecular weight excluding hydrogens is 666 g/mol. The van der Waals surface area contributed by atoms with E-state index in [-0.39, 0.29) is 8.41 Å². The van der Waals surface area contributed by atoms with Crippen LogP contribution in [0.25, 0.3) is 0 Å². The van der Waals surface area contributed by atoms with Crippen LogP contribution in [-0.4, -0.2) is 8.41 Å². The minimum absolute atomic E-state index is 0. The molecule has 6 rings (SSSR count). The fourth-order valence-corrected chi connectivity index (χ4v) is 3.80. The van der Waals surface area contributed by atoms with Gasteiger partial charge in [0, 0.05) is 39.8 Å². The lowest BCUT2D eigenvalue weighted by atomic mass is 10.2. The van der Waals surface area contributed by atoms with Crippen LogP contribution in [0.3, 0.4) is 0 Å². The standard InChI is InChI=1S/C16H10.C14H10.C8H6.C6H5I.B/c1-3-9-15(10-4-1)13-7-8-14-16-11-5-2-6-12-16;1-3-7-13(8-4-1)11-12-14-9-5-2-6-10-14;1-2-8-6-4-3-5-7-8;7-6-4-2-1-3-5-6;/h1-6,9-12H;1-10H;1,3-7H;1-5H;. The van der Waals surface area contributed by atoms with Crippen LogP contribution >= 0.6 is 22.6 Å². The molecule has 3 radical (unpaired) electrons. The number of hydrogen-bond acceptors (Lipinski definition) is 0. The fraction of sp³-hybridized carbons (Fsp3) is 0. The highest BCUT2D eigenvalue weighted by Gasteiger charge is 1.84. The molecule has 0 bridgehead atoms. The van der Waals surface area contributed by atoms with Crippen LogP contribution in [0.1, 0.15) is 27.8 Å². The highest BCUT2D eigenvalue weighted by atomic mass is 127. The molecule has 6 aromatic carbocycles. The molecule has 217 valence electrons. The summed E-state index contributed by atoms with van der Waals surface area (Å²) in [6.45, 7) is 0. The predicted molar refractivity (Wildman–Crippen MR) is 205 cm³/mol. The smallest absolute Gasteiger partial charge is 0.0255 e. The van der Waals surface area contributed by atoms with E-state index < -0.39 is 0 Å². The second-order valence-electron chi connectivity index (χ2n) is 9.02. The molecule has 0 saturated heterocycles. The van der Waals surface area contributed by atoms with Crippen molar-refractivity contribution in [2.75, 3.05) is 0 Å². The SMILES string of the molecule is C#Cc1ccccc1.C(#Cc1ccccc1)c1ccccc1.C(C#Cc1ccccc1)#Cc1ccccc1.Ic1ccccc1.[B]. The third-order valence-corrected chi connectivity index (χ3v) is 6.32. The lowest BCUT2D eigenvalue weighted by molar-refractivity contribution is 1.62. The normalized spacial score (nSPS) is 8.26. The van der Waals surface area contributed by atoms with Gasteiger partial charge in [-0.05, 0) is 107 Å². The Morgan fingerprint density at radius 3 is 0.783 bits per heavy atom. The maximum Gasteiger partial charge on any atom is 0.0255 e. The van der Waals surface area contributed by atoms with Crippen molar-refractivity contribution >= 4 is 31.0 Å². The van der Waals surface area contributed by atoms with Crippen LogP contribution in [-0.2, 0) is 0 Å². The molecule has 0 aromatic heterocycles. The van der Waals surface area contributed by atoms with E-state index in [4.69, 9.17) is 6.42 Å². The summed E-state index contributed by atoms with van der Waals surface area (Å²) in [6, 6.07) is 59.5. The third kappa shape index (κ3) is 16.9. The maximum atomic E-state index is 5.10. The molecule has 0 amide bonds. The van der Waals surface area contributed by atoms with Gasteiger partial charge in [-0.25, -0.2) is 0 Å². The first-order valence-corrected chi connectivity index (χ1v) is 15.3. The summed E-state index contributed by atoms with van der Waals surface area (Å²) in [6.07, 6.45) is 5.10. The largest absolute Gasteiger partial charge is 0.115 e. The topological polar surface area (TPSA) is 0 Å². The van der Waals surface area contributed by atoms with Gasteiger partial charge in [-0.1, -0.05) is 139 Å². The Morgan fingerprint density at radius 1 is 0.326 bits per heavy atom. The lowest BCUT2D eigenvalue weighted by Crippen LogP contribution is -1.73. The highest BCUT2D eigenvalue weighted by Crippen LogP contribution is 2.01. The number of hydrogen-bond donors (Lipinski definition) is 0. The molecule has 2 heteroatoms. The van der Waals surface area contributed by atoms with Gasteiger partial charge in [0.25, 0.3) is 0 Å². The average molecular weight is 697 g/mol. The van der Waals surface area contributed by atoms with Crippen molar-refractivity contribution in [3.05, 3.63) is 213 Å². The Morgan fingerprint density at radius 2 is 0.565 bits per heavy atom. The number of benzene rings is 6. The number of rotatable bonds is 0. The molecular formula is C44H31BI. The van der Waals surface area contributed by atoms with Crippen LogP contribution in [0.15, 0.2) is 182 Å². The van der Waals surface area contributed by atoms with Crippen molar-refractivity contribution in [1.29, 1.82) is 0 Å². The maximum absolute atomic E-state index is 5.10. The Balaban J connectivity index is 0.000000223. The van der Waals surface area contributed by atoms with Crippen molar-refractivity contribution in [3.8, 4) is 47.9 Å². The van der Waals surface area contributed by atoms with Crippen LogP contribution in [0.5, 0.6) is 0 Å². The molecule has 6 aromatic rings. The van der Waals surface area contributed by atoms with E-state index in [9.17, 15) is 0 Å². The molecule has 0 heterocycles. The van der Waals surface area contributed by atoms with Crippen LogP contribution in [0, 0.1) is 51.4 Å². The lowest BCUT2D eigenvalue weighted by Gasteiger charge is -1.88. The van der Waals surface area contributed by atoms with Crippen molar-refractivity contribution in [2.45, 2.75) is 0 Å². The van der Waals surface area contributed by atoms with E-state index in [0.29, 0.717) is 0 Å². The van der Waals surface area contributed by atoms with Gasteiger partial charge in [0.15, 0.2) is 0 Å². The quantitative estimate of drug-likeness (QED) is 0.0843. The van der Waals surface area contributed by atoms with E-state index in [1.54, 1.807) is 0 Å². The van der Waals surface area contributed by atoms with E-state index in [0.717, 1.165) is 27.8 Å². The second kappa shape index (κ2) is 23.8. The van der Waals surface area contributed by atoms with Gasteiger partial charge in [0.2, 0.25) is 0 Å². The first-order valence-electron chi connectivity index (χ1n) is 14.2. The highest BCUT2D eigenvalue weighted by molar-refractivity contribution is 14.1. The zero-order chi connectivity index (χ0) is 31.6. The Bertz CT molecular complexity index is 1780. The van der Waals surface area contributed by atoms with Gasteiger partial charge in [-0.3, -0.25) is 0 Å². The van der Waals surface area contributed by atoms with Crippen molar-refractivity contribution < 1.29 is 0 Å². The van der Waals surface area contributed by atoms with Crippen LogP contribution in [0.4, 0.5) is 0 Å². The molecule has 0 saturated carbocycles. The van der Waals surface area contributed by atoms with Gasteiger partial charge >= 0.3 is 0 Å². The van der Waals surface area contributed by atoms with Crippen molar-refractivity contribution in [1.82, 2.24) is 0 Å². The summed E-state index contributed by atoms with van der Waals surface area (Å²) in [5.41, 5.74) is 5.02. The van der Waals surface area contributed by atoms with E-state index >= 15 is 0 Å². The summed E-state index contributed by atoms with van der Waals surface area (Å²) in [7, 11) is 0. The first kappa shape index (κ1) is 36.5. The second-order valence-corrected chi connectivity index (χ2v) is 10.3. The van der Waals surface area contributed by atoms with Gasteiger partial charge in [-0.15, -0.1) is 6.42 Å². The minimum Gasteiger partial charge on any atom is -0.115 e. The van der Waals surface area contributed by atoms with Crippen molar-refractivity contribution in [2.24, 2.45) is 0 Å². The Hall–Kier alpha value is -5.65. The molecule has 0 N–H and O–H groups in total. The molecule has 0 atom stereocenters. The predicted octanol–water partition coefficient (Wildman–Crippen LogP) is 9.75. The van der Waals surface area contributed by atoms with Gasteiger partial charge in [0.1, 0.15) is 0 Å². The minimum atomic E-state index is 0. The molecule has 0 fully saturated rings. The summed E-state index contributed by atoms with van der Waals surface area (Å²) in [5, 5.41) is 0. The first-order chi connectivity index (χ1) is 22.2. The van der Waals surface area contributed by atoms with Crippen LogP contribution in [0.2, 0.25) is 0 Å². The Kier molecular flexibility index (Phi) is 18.9. The summed E-state index contributed by atoms with van der Waals surface area (Å²) in [5.74, 6) is 20.4. The van der Waals surface area contributed by atoms with Gasteiger partial charge in [-0.2, -0.15) is 0 Å². The molecule has 0 aliphatic rings. The number of terminal acetylenes is 1. The molecule has 0 spiro atoms. The number of halogens is 1. The molecule has 0 unspecified atom stereocenters. The van der Waals surface area contributed by atoms with Gasteiger partial charge < -0.3 is 0 Å². The zero-order valence-electron chi connectivity index (χ0n) is 25.4. The third-order valence-electron chi connectivity index (χ3n) is 5.60. The van der Waals surface area contributed by atoms with Crippen molar-refractivity contribution in [3.63, 3.8) is 0 Å². The summed E-state index contributed by atoms with van der Waals surface area (Å²) in [4.78, 5) is 0. The summed E-state index contributed by atoms with van der Waals surface area (Å²) >= 11 is 2.28. The van der Waals surface area contributed by atoms with E-state index in [1.165, 1.54) is 3.57 Å². The van der Waals surface area contributed by atoms with Crippen LogP contribution < -0.4 is 0 Å². The van der Waals surface area contributed by atoms with E-state index in [1.807, 2.05) is 170 Å².